The van der Waals surface area contributed by atoms with Crippen LogP contribution in [0.5, 0.6) is 0 Å². The van der Waals surface area contributed by atoms with Crippen molar-refractivity contribution in [2.75, 3.05) is 0 Å². The van der Waals surface area contributed by atoms with Crippen LogP contribution < -0.4 is 20.7 Å². The van der Waals surface area contributed by atoms with Gasteiger partial charge in [0.25, 0.3) is 0 Å². The van der Waals surface area contributed by atoms with Crippen LogP contribution in [0.3, 0.4) is 0 Å². The van der Waals surface area contributed by atoms with Crippen molar-refractivity contribution in [1.29, 1.82) is 5.26 Å². The lowest BCUT2D eigenvalue weighted by Crippen LogP contribution is -2.74. The first-order valence-electron chi connectivity index (χ1n) is 16.0. The maximum Gasteiger partial charge on any atom is 0.211 e. The van der Waals surface area contributed by atoms with Gasteiger partial charge in [-0.15, -0.1) is 0 Å². The molecule has 0 saturated heterocycles. The van der Waals surface area contributed by atoms with Gasteiger partial charge in [-0.2, -0.15) is 5.26 Å². The smallest absolute Gasteiger partial charge is 0.211 e. The van der Waals surface area contributed by atoms with Crippen molar-refractivity contribution in [2.45, 2.75) is 0 Å². The van der Waals surface area contributed by atoms with Crippen molar-refractivity contribution in [3.8, 4) is 22.9 Å². The number of hydrogen-bond acceptors (Lipinski definition) is 1. The molecule has 7 aromatic carbocycles. The van der Waals surface area contributed by atoms with Crippen LogP contribution in [0.15, 0.2) is 176 Å². The molecule has 0 radical (unpaired) electrons. The van der Waals surface area contributed by atoms with Crippen LogP contribution in [0.4, 0.5) is 5.69 Å². The normalized spacial score (nSPS) is 11.3. The van der Waals surface area contributed by atoms with Gasteiger partial charge in [-0.25, -0.2) is 4.85 Å². The van der Waals surface area contributed by atoms with Crippen LogP contribution in [0.1, 0.15) is 5.56 Å². The number of aromatic nitrogens is 1. The van der Waals surface area contributed by atoms with Gasteiger partial charge in [-0.1, -0.05) is 164 Å². The lowest BCUT2D eigenvalue weighted by molar-refractivity contribution is 1.17. The molecule has 0 saturated carbocycles. The molecule has 224 valence electrons. The first-order chi connectivity index (χ1) is 23.8. The molecule has 1 heterocycles. The van der Waals surface area contributed by atoms with Crippen LogP contribution in [-0.2, 0) is 0 Å². The molecule has 8 rings (SSSR count). The molecule has 0 aliphatic heterocycles. The molecule has 0 unspecified atom stereocenters. The Hall–Kier alpha value is -6.46. The molecule has 0 spiro atoms. The molecule has 0 amide bonds. The fraction of sp³-hybridized carbons (Fsp3) is 0. The maximum atomic E-state index is 10.9. The average molecular weight is 628 g/mol. The second-order valence-electron chi connectivity index (χ2n) is 11.9. The Balaban J connectivity index is 1.43. The van der Waals surface area contributed by atoms with Crippen molar-refractivity contribution >= 4 is 56.3 Å². The van der Waals surface area contributed by atoms with Gasteiger partial charge in [0.2, 0.25) is 5.69 Å². The summed E-state index contributed by atoms with van der Waals surface area (Å²) in [5.41, 5.74) is 5.23. The average Bonchev–Trinajstić information content (AvgIpc) is 3.50. The number of nitrogens with zero attached hydrogens (tertiary/aromatic N) is 3. The Morgan fingerprint density at radius 3 is 1.50 bits per heavy atom. The summed E-state index contributed by atoms with van der Waals surface area (Å²) in [4.78, 5) is 3.94. The molecule has 4 heteroatoms. The van der Waals surface area contributed by atoms with Gasteiger partial charge in [-0.05, 0) is 44.0 Å². The summed E-state index contributed by atoms with van der Waals surface area (Å²) < 4.78 is 2.10. The lowest BCUT2D eigenvalue weighted by Gasteiger charge is -2.34. The number of hydrogen-bond donors (Lipinski definition) is 0. The molecule has 0 fully saturated rings. The van der Waals surface area contributed by atoms with E-state index in [1.54, 1.807) is 0 Å². The second-order valence-corrected chi connectivity index (χ2v) is 15.7. The fourth-order valence-corrected chi connectivity index (χ4v) is 12.2. The van der Waals surface area contributed by atoms with Crippen LogP contribution in [0.25, 0.3) is 43.5 Å². The van der Waals surface area contributed by atoms with Gasteiger partial charge < -0.3 is 4.57 Å². The summed E-state index contributed by atoms with van der Waals surface area (Å²) in [7, 11) is -2.79. The maximum absolute atomic E-state index is 10.9. The largest absolute Gasteiger partial charge is 0.318 e. The zero-order valence-electron chi connectivity index (χ0n) is 26.1. The number of rotatable bonds is 6. The van der Waals surface area contributed by atoms with E-state index in [-0.39, 0.29) is 0 Å². The molecular weight excluding hydrogens is 599 g/mol. The Kier molecular flexibility index (Phi) is 7.27. The van der Waals surface area contributed by atoms with E-state index in [9.17, 15) is 5.26 Å². The minimum Gasteiger partial charge on any atom is -0.318 e. The van der Waals surface area contributed by atoms with E-state index < -0.39 is 8.07 Å². The molecule has 0 aliphatic carbocycles. The fourth-order valence-electron chi connectivity index (χ4n) is 7.40. The molecule has 0 N–H and O–H groups in total. The molecule has 0 bridgehead atoms. The number of fused-ring (bicyclic) bond motifs is 3. The minimum absolute atomic E-state index is 0.444. The van der Waals surface area contributed by atoms with Gasteiger partial charge in [0, 0.05) is 10.8 Å². The molecule has 8 aromatic rings. The van der Waals surface area contributed by atoms with Crippen molar-refractivity contribution in [3.05, 3.63) is 193 Å². The second kappa shape index (κ2) is 12.0. The monoisotopic (exact) mass is 627 g/mol. The number of nitriles is 1. The molecule has 0 atom stereocenters. The third kappa shape index (κ3) is 4.48. The Morgan fingerprint density at radius 1 is 0.521 bits per heavy atom. The van der Waals surface area contributed by atoms with Crippen LogP contribution >= 0.6 is 0 Å². The SMILES string of the molecule is [C-]#[N+]c1ccc(-c2cccc([Si](c3ccccc3)(c3ccccc3)c3ccccc3)c2)c(C#N)c1-n1c2ccccc2c2ccccc21. The molecule has 3 nitrogen and oxygen atoms in total. The highest BCUT2D eigenvalue weighted by Gasteiger charge is 2.41. The molecule has 1 aromatic heterocycles. The van der Waals surface area contributed by atoms with E-state index in [4.69, 9.17) is 6.57 Å². The Bertz CT molecular complexity index is 2370. The van der Waals surface area contributed by atoms with Crippen LogP contribution in [0.2, 0.25) is 0 Å². The van der Waals surface area contributed by atoms with E-state index in [2.05, 4.69) is 155 Å². The third-order valence-electron chi connectivity index (χ3n) is 9.42. The first kappa shape index (κ1) is 29.0. The quantitative estimate of drug-likeness (QED) is 0.104. The van der Waals surface area contributed by atoms with E-state index >= 15 is 0 Å². The third-order valence-corrected chi connectivity index (χ3v) is 14.2. The zero-order chi connectivity index (χ0) is 32.5. The molecule has 0 aliphatic rings. The number of para-hydroxylation sites is 2. The highest BCUT2D eigenvalue weighted by molar-refractivity contribution is 7.19. The lowest BCUT2D eigenvalue weighted by atomic mass is 9.97. The predicted octanol–water partition coefficient (Wildman–Crippen LogP) is 8.25. The van der Waals surface area contributed by atoms with Gasteiger partial charge in [-0.3, -0.25) is 0 Å². The van der Waals surface area contributed by atoms with E-state index in [1.807, 2.05) is 36.4 Å². The van der Waals surface area contributed by atoms with Gasteiger partial charge in [0.1, 0.15) is 6.07 Å². The topological polar surface area (TPSA) is 33.1 Å². The summed E-state index contributed by atoms with van der Waals surface area (Å²) in [6.45, 7) is 8.16. The standard InChI is InChI=1S/C44H29N3Si/c1-46-41-29-28-37(40(31-45)44(41)47-42-26-13-11-24-38(42)39-25-12-14-27-43(39)47)32-16-15-23-36(30-32)48(33-17-5-2-6-18-33,34-19-7-3-8-20-34)35-21-9-4-10-22-35/h2-30H. The van der Waals surface area contributed by atoms with Gasteiger partial charge in [0.15, 0.2) is 8.07 Å². The molecule has 48 heavy (non-hydrogen) atoms. The predicted molar refractivity (Wildman–Crippen MR) is 201 cm³/mol. The zero-order valence-corrected chi connectivity index (χ0v) is 27.1. The summed E-state index contributed by atoms with van der Waals surface area (Å²) in [6.07, 6.45) is 0. The van der Waals surface area contributed by atoms with Gasteiger partial charge in [0.05, 0.1) is 28.9 Å². The Labute approximate surface area is 281 Å². The van der Waals surface area contributed by atoms with Crippen molar-refractivity contribution in [2.24, 2.45) is 0 Å². The highest BCUT2D eigenvalue weighted by Crippen LogP contribution is 2.40. The molecular formula is C44H29N3Si. The summed E-state index contributed by atoms with van der Waals surface area (Å²) in [6, 6.07) is 64.0. The van der Waals surface area contributed by atoms with Crippen LogP contribution in [0, 0.1) is 17.9 Å². The Morgan fingerprint density at radius 2 is 1.00 bits per heavy atom. The number of benzene rings is 7. The first-order valence-corrected chi connectivity index (χ1v) is 18.0. The van der Waals surface area contributed by atoms with Crippen molar-refractivity contribution in [1.82, 2.24) is 4.57 Å². The van der Waals surface area contributed by atoms with E-state index in [1.165, 1.54) is 20.7 Å². The highest BCUT2D eigenvalue weighted by atomic mass is 28.3. The summed E-state index contributed by atoms with van der Waals surface area (Å²) in [5.74, 6) is 0. The van der Waals surface area contributed by atoms with E-state index in [0.717, 1.165) is 32.9 Å². The van der Waals surface area contributed by atoms with Gasteiger partial charge >= 0.3 is 0 Å². The van der Waals surface area contributed by atoms with Crippen molar-refractivity contribution < 1.29 is 0 Å². The minimum atomic E-state index is -2.79. The summed E-state index contributed by atoms with van der Waals surface area (Å²) in [5, 5.41) is 18.2. The van der Waals surface area contributed by atoms with Crippen molar-refractivity contribution in [3.63, 3.8) is 0 Å². The van der Waals surface area contributed by atoms with E-state index in [0.29, 0.717) is 16.9 Å². The van der Waals surface area contributed by atoms with Crippen LogP contribution in [-0.4, -0.2) is 12.6 Å². The summed E-state index contributed by atoms with van der Waals surface area (Å²) >= 11 is 0.